The standard InChI is InChI=1S/C14H23N5.ClH/c1-4-6-18-11-13(9-16-18)8-15-10-14-5-7-19(17-14)12(2)3;/h5,7,9,11-12,15H,4,6,8,10H2,1-3H3;1H. The van der Waals surface area contributed by atoms with E-state index < -0.39 is 0 Å². The molecule has 2 aromatic heterocycles. The average Bonchev–Trinajstić information content (AvgIpc) is 2.99. The topological polar surface area (TPSA) is 47.7 Å². The van der Waals surface area contributed by atoms with Crippen LogP contribution in [-0.4, -0.2) is 19.6 Å². The van der Waals surface area contributed by atoms with Crippen LogP contribution in [0.2, 0.25) is 0 Å². The van der Waals surface area contributed by atoms with E-state index in [2.05, 4.69) is 48.5 Å². The molecule has 0 bridgehead atoms. The number of halogens is 1. The van der Waals surface area contributed by atoms with E-state index in [0.29, 0.717) is 6.04 Å². The van der Waals surface area contributed by atoms with Crippen LogP contribution in [-0.2, 0) is 19.6 Å². The Morgan fingerprint density at radius 2 is 2.10 bits per heavy atom. The minimum absolute atomic E-state index is 0. The van der Waals surface area contributed by atoms with E-state index in [4.69, 9.17) is 0 Å². The van der Waals surface area contributed by atoms with Gasteiger partial charge in [0.15, 0.2) is 0 Å². The molecule has 0 atom stereocenters. The van der Waals surface area contributed by atoms with Crippen molar-refractivity contribution in [1.29, 1.82) is 0 Å². The summed E-state index contributed by atoms with van der Waals surface area (Å²) in [5, 5.41) is 12.2. The SMILES string of the molecule is CCCn1cc(CNCc2ccn(C(C)C)n2)cn1.Cl. The van der Waals surface area contributed by atoms with Gasteiger partial charge in [-0.25, -0.2) is 0 Å². The average molecular weight is 298 g/mol. The first-order chi connectivity index (χ1) is 9.19. The van der Waals surface area contributed by atoms with E-state index in [1.54, 1.807) is 0 Å². The van der Waals surface area contributed by atoms with E-state index in [0.717, 1.165) is 31.7 Å². The van der Waals surface area contributed by atoms with E-state index in [-0.39, 0.29) is 12.4 Å². The molecule has 0 spiro atoms. The Balaban J connectivity index is 0.00000200. The summed E-state index contributed by atoms with van der Waals surface area (Å²) in [5.74, 6) is 0. The predicted octanol–water partition coefficient (Wildman–Crippen LogP) is 2.78. The van der Waals surface area contributed by atoms with Crippen LogP contribution in [0.3, 0.4) is 0 Å². The van der Waals surface area contributed by atoms with Gasteiger partial charge in [-0.2, -0.15) is 10.2 Å². The highest BCUT2D eigenvalue weighted by molar-refractivity contribution is 5.85. The maximum atomic E-state index is 4.51. The highest BCUT2D eigenvalue weighted by atomic mass is 35.5. The van der Waals surface area contributed by atoms with Gasteiger partial charge >= 0.3 is 0 Å². The highest BCUT2D eigenvalue weighted by Gasteiger charge is 2.02. The van der Waals surface area contributed by atoms with Crippen molar-refractivity contribution in [2.75, 3.05) is 0 Å². The molecule has 0 aromatic carbocycles. The van der Waals surface area contributed by atoms with Crippen molar-refractivity contribution in [2.24, 2.45) is 0 Å². The summed E-state index contributed by atoms with van der Waals surface area (Å²) < 4.78 is 3.97. The van der Waals surface area contributed by atoms with Crippen LogP contribution in [0, 0.1) is 0 Å². The first kappa shape index (κ1) is 16.7. The van der Waals surface area contributed by atoms with Gasteiger partial charge in [0.1, 0.15) is 0 Å². The molecule has 0 saturated carbocycles. The van der Waals surface area contributed by atoms with Gasteiger partial charge in [0.2, 0.25) is 0 Å². The monoisotopic (exact) mass is 297 g/mol. The Morgan fingerprint density at radius 3 is 2.75 bits per heavy atom. The van der Waals surface area contributed by atoms with Crippen molar-refractivity contribution in [3.8, 4) is 0 Å². The normalized spacial score (nSPS) is 10.8. The van der Waals surface area contributed by atoms with Crippen LogP contribution in [0.25, 0.3) is 0 Å². The molecular weight excluding hydrogens is 274 g/mol. The van der Waals surface area contributed by atoms with Crippen LogP contribution in [0.15, 0.2) is 24.7 Å². The third kappa shape index (κ3) is 4.65. The fourth-order valence-corrected chi connectivity index (χ4v) is 1.94. The summed E-state index contributed by atoms with van der Waals surface area (Å²) >= 11 is 0. The summed E-state index contributed by atoms with van der Waals surface area (Å²) in [5.41, 5.74) is 2.30. The van der Waals surface area contributed by atoms with Gasteiger partial charge in [-0.1, -0.05) is 6.92 Å². The largest absolute Gasteiger partial charge is 0.307 e. The van der Waals surface area contributed by atoms with Gasteiger partial charge in [0.25, 0.3) is 0 Å². The van der Waals surface area contributed by atoms with Gasteiger partial charge in [-0.05, 0) is 26.3 Å². The third-order valence-electron chi connectivity index (χ3n) is 2.97. The van der Waals surface area contributed by atoms with Crippen molar-refractivity contribution in [1.82, 2.24) is 24.9 Å². The van der Waals surface area contributed by atoms with Crippen LogP contribution < -0.4 is 5.32 Å². The molecule has 0 aliphatic rings. The Bertz CT molecular complexity index is 503. The number of rotatable bonds is 7. The molecule has 6 heteroatoms. The van der Waals surface area contributed by atoms with Gasteiger partial charge in [-0.15, -0.1) is 12.4 Å². The lowest BCUT2D eigenvalue weighted by Crippen LogP contribution is -2.13. The van der Waals surface area contributed by atoms with Crippen LogP contribution >= 0.6 is 12.4 Å². The maximum Gasteiger partial charge on any atom is 0.0762 e. The van der Waals surface area contributed by atoms with Crippen LogP contribution in [0.4, 0.5) is 0 Å². The van der Waals surface area contributed by atoms with Crippen molar-refractivity contribution < 1.29 is 0 Å². The van der Waals surface area contributed by atoms with Crippen molar-refractivity contribution in [3.63, 3.8) is 0 Å². The van der Waals surface area contributed by atoms with Crippen molar-refractivity contribution in [3.05, 3.63) is 35.9 Å². The lowest BCUT2D eigenvalue weighted by molar-refractivity contribution is 0.521. The molecule has 112 valence electrons. The van der Waals surface area contributed by atoms with Gasteiger partial charge in [0, 0.05) is 43.6 Å². The molecule has 0 unspecified atom stereocenters. The number of aromatic nitrogens is 4. The van der Waals surface area contributed by atoms with Gasteiger partial charge < -0.3 is 5.32 Å². The number of aryl methyl sites for hydroxylation is 1. The number of hydrogen-bond donors (Lipinski definition) is 1. The number of nitrogens with zero attached hydrogens (tertiary/aromatic N) is 4. The molecule has 2 rings (SSSR count). The van der Waals surface area contributed by atoms with E-state index in [1.165, 1.54) is 5.56 Å². The zero-order valence-electron chi connectivity index (χ0n) is 12.4. The first-order valence-corrected chi connectivity index (χ1v) is 6.95. The highest BCUT2D eigenvalue weighted by Crippen LogP contribution is 2.04. The van der Waals surface area contributed by atoms with Gasteiger partial charge in [0.05, 0.1) is 11.9 Å². The molecule has 0 radical (unpaired) electrons. The van der Waals surface area contributed by atoms with E-state index in [9.17, 15) is 0 Å². The fourth-order valence-electron chi connectivity index (χ4n) is 1.94. The van der Waals surface area contributed by atoms with Crippen molar-refractivity contribution >= 4 is 12.4 Å². The molecule has 1 N–H and O–H groups in total. The van der Waals surface area contributed by atoms with E-state index >= 15 is 0 Å². The Kier molecular flexibility index (Phi) is 6.75. The molecule has 0 amide bonds. The molecule has 5 nitrogen and oxygen atoms in total. The lowest BCUT2D eigenvalue weighted by Gasteiger charge is -2.04. The Morgan fingerprint density at radius 1 is 1.30 bits per heavy atom. The Labute approximate surface area is 126 Å². The van der Waals surface area contributed by atoms with E-state index in [1.807, 2.05) is 21.8 Å². The second kappa shape index (κ2) is 8.07. The summed E-state index contributed by atoms with van der Waals surface area (Å²) in [7, 11) is 0. The quantitative estimate of drug-likeness (QED) is 0.855. The van der Waals surface area contributed by atoms with Crippen LogP contribution in [0.5, 0.6) is 0 Å². The lowest BCUT2D eigenvalue weighted by atomic mass is 10.3. The second-order valence-corrected chi connectivity index (χ2v) is 5.10. The summed E-state index contributed by atoms with van der Waals surface area (Å²) in [4.78, 5) is 0. The minimum atomic E-state index is 0. The molecule has 2 aromatic rings. The van der Waals surface area contributed by atoms with Crippen molar-refractivity contribution in [2.45, 2.75) is 52.9 Å². The predicted molar refractivity (Wildman–Crippen MR) is 82.9 cm³/mol. The smallest absolute Gasteiger partial charge is 0.0762 e. The third-order valence-corrected chi connectivity index (χ3v) is 2.97. The molecule has 2 heterocycles. The Hall–Kier alpha value is -1.33. The molecular formula is C14H24ClN5. The second-order valence-electron chi connectivity index (χ2n) is 5.10. The maximum absolute atomic E-state index is 4.51. The number of hydrogen-bond acceptors (Lipinski definition) is 3. The summed E-state index contributed by atoms with van der Waals surface area (Å²) in [6.45, 7) is 9.03. The number of nitrogens with one attached hydrogen (secondary N) is 1. The zero-order chi connectivity index (χ0) is 13.7. The molecule has 0 aliphatic heterocycles. The fraction of sp³-hybridized carbons (Fsp3) is 0.571. The van der Waals surface area contributed by atoms with Gasteiger partial charge in [-0.3, -0.25) is 9.36 Å². The minimum Gasteiger partial charge on any atom is -0.307 e. The molecule has 20 heavy (non-hydrogen) atoms. The molecule has 0 saturated heterocycles. The zero-order valence-corrected chi connectivity index (χ0v) is 13.2. The molecule has 0 aliphatic carbocycles. The summed E-state index contributed by atoms with van der Waals surface area (Å²) in [6, 6.07) is 2.48. The first-order valence-electron chi connectivity index (χ1n) is 6.95. The molecule has 0 fully saturated rings. The summed E-state index contributed by atoms with van der Waals surface area (Å²) in [6.07, 6.45) is 7.17. The van der Waals surface area contributed by atoms with Crippen LogP contribution in [0.1, 0.15) is 44.5 Å².